The maximum atomic E-state index is 11.7. The molecule has 6 heteroatoms. The van der Waals surface area contributed by atoms with Crippen molar-refractivity contribution < 1.29 is 18.5 Å². The average Bonchev–Trinajstić information content (AvgIpc) is 3.15. The molecule has 0 aliphatic rings. The van der Waals surface area contributed by atoms with E-state index in [9.17, 15) is 4.79 Å². The van der Waals surface area contributed by atoms with Crippen molar-refractivity contribution in [2.24, 2.45) is 0 Å². The van der Waals surface area contributed by atoms with Crippen LogP contribution in [0.25, 0.3) is 11.3 Å². The molecular formula is C15H12N2O4. The van der Waals surface area contributed by atoms with Crippen LogP contribution < -0.4 is 0 Å². The van der Waals surface area contributed by atoms with Crippen LogP contribution >= 0.6 is 0 Å². The summed E-state index contributed by atoms with van der Waals surface area (Å²) in [5.74, 6) is 0.396. The van der Waals surface area contributed by atoms with Gasteiger partial charge < -0.3 is 13.7 Å². The fourth-order valence-electron chi connectivity index (χ4n) is 1.77. The third-order valence-electron chi connectivity index (χ3n) is 2.77. The highest BCUT2D eigenvalue weighted by Crippen LogP contribution is 2.20. The minimum absolute atomic E-state index is 0.0577. The van der Waals surface area contributed by atoms with Crippen molar-refractivity contribution in [2.45, 2.75) is 13.5 Å². The summed E-state index contributed by atoms with van der Waals surface area (Å²) in [6, 6.07) is 11.1. The van der Waals surface area contributed by atoms with Crippen LogP contribution in [0.15, 0.2) is 51.5 Å². The number of esters is 1. The molecule has 21 heavy (non-hydrogen) atoms. The van der Waals surface area contributed by atoms with Gasteiger partial charge in [0.2, 0.25) is 11.7 Å². The summed E-state index contributed by atoms with van der Waals surface area (Å²) >= 11 is 0. The molecule has 2 heterocycles. The van der Waals surface area contributed by atoms with Crippen LogP contribution in [0.3, 0.4) is 0 Å². The number of benzene rings is 1. The molecule has 0 bridgehead atoms. The minimum atomic E-state index is -0.602. The van der Waals surface area contributed by atoms with Crippen LogP contribution in [0.4, 0.5) is 0 Å². The molecule has 0 radical (unpaired) electrons. The van der Waals surface area contributed by atoms with Crippen LogP contribution in [-0.4, -0.2) is 16.1 Å². The van der Waals surface area contributed by atoms with Crippen LogP contribution in [0.1, 0.15) is 22.1 Å². The molecule has 3 rings (SSSR count). The first-order valence-electron chi connectivity index (χ1n) is 6.33. The highest BCUT2D eigenvalue weighted by atomic mass is 16.6. The quantitative estimate of drug-likeness (QED) is 0.685. The number of rotatable bonds is 4. The maximum absolute atomic E-state index is 11.7. The zero-order valence-corrected chi connectivity index (χ0v) is 11.3. The van der Waals surface area contributed by atoms with Gasteiger partial charge in [-0.3, -0.25) is 0 Å². The Morgan fingerprint density at radius 3 is 2.81 bits per heavy atom. The second-order valence-corrected chi connectivity index (χ2v) is 4.39. The number of hydrogen-bond donors (Lipinski definition) is 0. The van der Waals surface area contributed by atoms with Crippen molar-refractivity contribution >= 4 is 5.97 Å². The molecule has 0 aliphatic heterocycles. The lowest BCUT2D eigenvalue weighted by Gasteiger charge is -1.98. The molecule has 0 saturated carbocycles. The normalized spacial score (nSPS) is 10.5. The van der Waals surface area contributed by atoms with E-state index in [1.54, 1.807) is 13.1 Å². The number of carbonyl (C=O) groups excluding carboxylic acids is 1. The maximum Gasteiger partial charge on any atom is 0.377 e. The molecular weight excluding hydrogens is 272 g/mol. The van der Waals surface area contributed by atoms with Crippen molar-refractivity contribution in [3.8, 4) is 11.3 Å². The Kier molecular flexibility index (Phi) is 3.51. The first-order valence-corrected chi connectivity index (χ1v) is 6.33. The minimum Gasteiger partial charge on any atom is -0.450 e. The number of aryl methyl sites for hydroxylation is 1. The third-order valence-corrected chi connectivity index (χ3v) is 2.77. The first kappa shape index (κ1) is 13.1. The van der Waals surface area contributed by atoms with Gasteiger partial charge in [0.1, 0.15) is 0 Å². The van der Waals surface area contributed by atoms with E-state index in [0.717, 1.165) is 5.56 Å². The summed E-state index contributed by atoms with van der Waals surface area (Å²) in [6.07, 6.45) is 1.59. The van der Waals surface area contributed by atoms with E-state index in [1.807, 2.05) is 30.3 Å². The molecule has 3 aromatic rings. The molecule has 0 amide bonds. The van der Waals surface area contributed by atoms with Crippen molar-refractivity contribution in [1.82, 2.24) is 10.1 Å². The van der Waals surface area contributed by atoms with E-state index < -0.39 is 5.97 Å². The Labute approximate surface area is 120 Å². The van der Waals surface area contributed by atoms with Crippen molar-refractivity contribution in [3.05, 3.63) is 59.9 Å². The zero-order valence-electron chi connectivity index (χ0n) is 11.3. The summed E-state index contributed by atoms with van der Waals surface area (Å²) in [5, 5.41) is 3.62. The molecule has 6 nitrogen and oxygen atoms in total. The molecule has 0 fully saturated rings. The van der Waals surface area contributed by atoms with Gasteiger partial charge in [0.05, 0.1) is 11.9 Å². The van der Waals surface area contributed by atoms with Gasteiger partial charge in [-0.05, 0) is 6.92 Å². The predicted molar refractivity (Wildman–Crippen MR) is 72.3 cm³/mol. The molecule has 2 aromatic heterocycles. The van der Waals surface area contributed by atoms with Crippen LogP contribution in [0.2, 0.25) is 0 Å². The number of aromatic nitrogens is 2. The molecule has 0 saturated heterocycles. The fraction of sp³-hybridized carbons (Fsp3) is 0.133. The van der Waals surface area contributed by atoms with Gasteiger partial charge in [-0.2, -0.15) is 0 Å². The summed E-state index contributed by atoms with van der Waals surface area (Å²) in [7, 11) is 0. The number of nitrogens with zero attached hydrogens (tertiary/aromatic N) is 2. The van der Waals surface area contributed by atoms with Gasteiger partial charge in [-0.1, -0.05) is 35.5 Å². The standard InChI is InChI=1S/C15H12N2O4/c1-10-7-12(21-17-10)15(18)19-9-14-16-8-13(20-14)11-5-3-2-4-6-11/h2-8H,9H2,1H3. The van der Waals surface area contributed by atoms with Crippen molar-refractivity contribution in [2.75, 3.05) is 0 Å². The molecule has 1 aromatic carbocycles. The largest absolute Gasteiger partial charge is 0.450 e. The number of ether oxygens (including phenoxy) is 1. The average molecular weight is 284 g/mol. The zero-order chi connectivity index (χ0) is 14.7. The second-order valence-electron chi connectivity index (χ2n) is 4.39. The summed E-state index contributed by atoms with van der Waals surface area (Å²) in [5.41, 5.74) is 1.53. The van der Waals surface area contributed by atoms with Crippen molar-refractivity contribution in [1.29, 1.82) is 0 Å². The lowest BCUT2D eigenvalue weighted by Crippen LogP contribution is -2.04. The number of carbonyl (C=O) groups is 1. The van der Waals surface area contributed by atoms with E-state index in [0.29, 0.717) is 17.3 Å². The smallest absolute Gasteiger partial charge is 0.377 e. The summed E-state index contributed by atoms with van der Waals surface area (Å²) in [4.78, 5) is 15.8. The van der Waals surface area contributed by atoms with E-state index in [-0.39, 0.29) is 12.4 Å². The third kappa shape index (κ3) is 3.00. The molecule has 0 N–H and O–H groups in total. The number of oxazole rings is 1. The van der Waals surface area contributed by atoms with Gasteiger partial charge in [0.25, 0.3) is 0 Å². The van der Waals surface area contributed by atoms with Gasteiger partial charge in [0.15, 0.2) is 12.4 Å². The van der Waals surface area contributed by atoms with E-state index in [4.69, 9.17) is 13.7 Å². The van der Waals surface area contributed by atoms with Crippen LogP contribution in [0, 0.1) is 6.92 Å². The van der Waals surface area contributed by atoms with E-state index in [1.165, 1.54) is 6.07 Å². The topological polar surface area (TPSA) is 78.4 Å². The Balaban J connectivity index is 1.64. The van der Waals surface area contributed by atoms with E-state index >= 15 is 0 Å². The molecule has 0 atom stereocenters. The van der Waals surface area contributed by atoms with Gasteiger partial charge in [-0.25, -0.2) is 9.78 Å². The molecule has 0 unspecified atom stereocenters. The van der Waals surface area contributed by atoms with E-state index in [2.05, 4.69) is 10.1 Å². The van der Waals surface area contributed by atoms with Crippen LogP contribution in [-0.2, 0) is 11.3 Å². The fourth-order valence-corrected chi connectivity index (χ4v) is 1.77. The number of hydrogen-bond acceptors (Lipinski definition) is 6. The van der Waals surface area contributed by atoms with Gasteiger partial charge in [-0.15, -0.1) is 0 Å². The Morgan fingerprint density at radius 1 is 1.29 bits per heavy atom. The second kappa shape index (κ2) is 5.62. The highest BCUT2D eigenvalue weighted by molar-refractivity contribution is 5.86. The molecule has 106 valence electrons. The SMILES string of the molecule is Cc1cc(C(=O)OCc2ncc(-c3ccccc3)o2)on1. The highest BCUT2D eigenvalue weighted by Gasteiger charge is 2.15. The monoisotopic (exact) mass is 284 g/mol. The Morgan fingerprint density at radius 2 is 2.10 bits per heavy atom. The lowest BCUT2D eigenvalue weighted by molar-refractivity contribution is 0.0392. The molecule has 0 aliphatic carbocycles. The van der Waals surface area contributed by atoms with Crippen LogP contribution in [0.5, 0.6) is 0 Å². The summed E-state index contributed by atoms with van der Waals surface area (Å²) < 4.78 is 15.4. The van der Waals surface area contributed by atoms with Gasteiger partial charge in [0, 0.05) is 11.6 Å². The lowest BCUT2D eigenvalue weighted by atomic mass is 10.2. The summed E-state index contributed by atoms with van der Waals surface area (Å²) in [6.45, 7) is 1.66. The van der Waals surface area contributed by atoms with Crippen molar-refractivity contribution in [3.63, 3.8) is 0 Å². The molecule has 0 spiro atoms. The predicted octanol–water partition coefficient (Wildman–Crippen LogP) is 3.00. The Hall–Kier alpha value is -2.89. The van der Waals surface area contributed by atoms with Gasteiger partial charge >= 0.3 is 5.97 Å². The Bertz CT molecular complexity index is 746. The first-order chi connectivity index (χ1) is 10.2.